The van der Waals surface area contributed by atoms with Gasteiger partial charge < -0.3 is 9.64 Å². The molecular weight excluding hydrogens is 276 g/mol. The highest BCUT2D eigenvalue weighted by molar-refractivity contribution is 7.89. The average Bonchev–Trinajstić information content (AvgIpc) is 2.39. The van der Waals surface area contributed by atoms with Crippen LogP contribution in [0.25, 0.3) is 0 Å². The fourth-order valence-corrected chi connectivity index (χ4v) is 2.74. The first-order valence-electron chi connectivity index (χ1n) is 6.61. The van der Waals surface area contributed by atoms with Crippen LogP contribution in [0.2, 0.25) is 0 Å². The number of methoxy groups -OCH3 is 1. The average molecular weight is 300 g/mol. The predicted octanol–water partition coefficient (Wildman–Crippen LogP) is 1.37. The number of ether oxygens (including phenoxy) is 1. The van der Waals surface area contributed by atoms with Crippen LogP contribution in [-0.2, 0) is 16.6 Å². The molecule has 0 aliphatic heterocycles. The van der Waals surface area contributed by atoms with Crippen LogP contribution in [0.3, 0.4) is 0 Å². The molecule has 1 rings (SSSR count). The molecule has 1 N–H and O–H groups in total. The summed E-state index contributed by atoms with van der Waals surface area (Å²) in [4.78, 5) is 2.10. The zero-order valence-corrected chi connectivity index (χ0v) is 13.5. The van der Waals surface area contributed by atoms with Crippen LogP contribution in [-0.4, -0.2) is 46.8 Å². The lowest BCUT2D eigenvalue weighted by Crippen LogP contribution is -2.26. The molecule has 0 saturated carbocycles. The topological polar surface area (TPSA) is 58.6 Å². The molecule has 0 saturated heterocycles. The van der Waals surface area contributed by atoms with E-state index < -0.39 is 10.0 Å². The molecular formula is C14H24N2O3S. The molecule has 0 bridgehead atoms. The smallest absolute Gasteiger partial charge is 0.211 e. The van der Waals surface area contributed by atoms with E-state index in [0.717, 1.165) is 24.4 Å². The molecule has 1 aromatic rings. The van der Waals surface area contributed by atoms with Gasteiger partial charge in [-0.05, 0) is 40.1 Å². The minimum Gasteiger partial charge on any atom is -0.496 e. The van der Waals surface area contributed by atoms with Gasteiger partial charge in [0.2, 0.25) is 10.0 Å². The van der Waals surface area contributed by atoms with Crippen molar-refractivity contribution in [2.45, 2.75) is 19.9 Å². The molecule has 6 heteroatoms. The van der Waals surface area contributed by atoms with E-state index in [2.05, 4.69) is 15.7 Å². The van der Waals surface area contributed by atoms with Gasteiger partial charge >= 0.3 is 0 Å². The highest BCUT2D eigenvalue weighted by atomic mass is 32.2. The Kier molecular flexibility index (Phi) is 6.45. The van der Waals surface area contributed by atoms with E-state index >= 15 is 0 Å². The minimum atomic E-state index is -3.11. The lowest BCUT2D eigenvalue weighted by molar-refractivity contribution is 0.318. The number of hydrogen-bond acceptors (Lipinski definition) is 4. The number of rotatable bonds is 8. The molecule has 1 aromatic carbocycles. The van der Waals surface area contributed by atoms with E-state index in [1.54, 1.807) is 7.11 Å². The molecule has 0 fully saturated rings. The maximum atomic E-state index is 11.3. The second-order valence-corrected chi connectivity index (χ2v) is 6.98. The number of nitrogens with zero attached hydrogens (tertiary/aromatic N) is 1. The Hall–Kier alpha value is -1.11. The van der Waals surface area contributed by atoms with Crippen molar-refractivity contribution >= 4 is 10.0 Å². The minimum absolute atomic E-state index is 0.152. The molecule has 20 heavy (non-hydrogen) atoms. The van der Waals surface area contributed by atoms with Crippen molar-refractivity contribution in [1.82, 2.24) is 9.62 Å². The maximum absolute atomic E-state index is 11.3. The van der Waals surface area contributed by atoms with E-state index in [0.29, 0.717) is 6.42 Å². The summed E-state index contributed by atoms with van der Waals surface area (Å²) in [5.41, 5.74) is 2.30. The molecule has 114 valence electrons. The van der Waals surface area contributed by atoms with Crippen LogP contribution < -0.4 is 9.46 Å². The van der Waals surface area contributed by atoms with Crippen molar-refractivity contribution in [2.75, 3.05) is 33.5 Å². The molecule has 5 nitrogen and oxygen atoms in total. The SMILES string of the molecule is CNS(=O)(=O)CCCN(C)Cc1cc(C)ccc1OC. The summed E-state index contributed by atoms with van der Waals surface area (Å²) in [6.07, 6.45) is 0.605. The first kappa shape index (κ1) is 16.9. The van der Waals surface area contributed by atoms with Crippen LogP contribution in [0.1, 0.15) is 17.5 Å². The number of hydrogen-bond donors (Lipinski definition) is 1. The molecule has 0 amide bonds. The first-order valence-corrected chi connectivity index (χ1v) is 8.26. The predicted molar refractivity (Wildman–Crippen MR) is 81.5 cm³/mol. The van der Waals surface area contributed by atoms with Crippen LogP contribution in [0.5, 0.6) is 5.75 Å². The summed E-state index contributed by atoms with van der Waals surface area (Å²) >= 11 is 0. The zero-order chi connectivity index (χ0) is 15.2. The highest BCUT2D eigenvalue weighted by Crippen LogP contribution is 2.20. The van der Waals surface area contributed by atoms with Gasteiger partial charge in [0.15, 0.2) is 0 Å². The highest BCUT2D eigenvalue weighted by Gasteiger charge is 2.10. The Bertz CT molecular complexity index is 529. The van der Waals surface area contributed by atoms with Gasteiger partial charge in [0.1, 0.15) is 5.75 Å². The standard InChI is InChI=1S/C14H24N2O3S/c1-12-6-7-14(19-4)13(10-12)11-16(3)8-5-9-20(17,18)15-2/h6-7,10,15H,5,8-9,11H2,1-4H3. The van der Waals surface area contributed by atoms with Crippen molar-refractivity contribution in [3.05, 3.63) is 29.3 Å². The van der Waals surface area contributed by atoms with Crippen molar-refractivity contribution < 1.29 is 13.2 Å². The molecule has 0 aromatic heterocycles. The zero-order valence-electron chi connectivity index (χ0n) is 12.6. The third-order valence-corrected chi connectivity index (χ3v) is 4.59. The fraction of sp³-hybridized carbons (Fsp3) is 0.571. The molecule has 0 radical (unpaired) electrons. The number of aryl methyl sites for hydroxylation is 1. The van der Waals surface area contributed by atoms with Crippen LogP contribution in [0.15, 0.2) is 18.2 Å². The third-order valence-electron chi connectivity index (χ3n) is 3.14. The second kappa shape index (κ2) is 7.61. The van der Waals surface area contributed by atoms with E-state index in [9.17, 15) is 8.42 Å². The summed E-state index contributed by atoms with van der Waals surface area (Å²) in [7, 11) is 1.97. The quantitative estimate of drug-likeness (QED) is 0.788. The summed E-state index contributed by atoms with van der Waals surface area (Å²) in [5.74, 6) is 1.02. The van der Waals surface area contributed by atoms with E-state index in [1.165, 1.54) is 12.6 Å². The fourth-order valence-electron chi connectivity index (χ4n) is 2.03. The number of sulfonamides is 1. The molecule has 0 unspecified atom stereocenters. The lowest BCUT2D eigenvalue weighted by atomic mass is 10.1. The molecule has 0 spiro atoms. The van der Waals surface area contributed by atoms with Gasteiger partial charge in [0, 0.05) is 12.1 Å². The van der Waals surface area contributed by atoms with Crippen molar-refractivity contribution in [3.8, 4) is 5.75 Å². The van der Waals surface area contributed by atoms with E-state index in [1.807, 2.05) is 26.1 Å². The number of benzene rings is 1. The summed E-state index contributed by atoms with van der Waals surface area (Å²) < 4.78 is 30.3. The third kappa shape index (κ3) is 5.48. The Balaban J connectivity index is 2.54. The van der Waals surface area contributed by atoms with Crippen molar-refractivity contribution in [3.63, 3.8) is 0 Å². The molecule has 0 aliphatic rings. The van der Waals surface area contributed by atoms with E-state index in [4.69, 9.17) is 4.74 Å². The Morgan fingerprint density at radius 1 is 1.35 bits per heavy atom. The Morgan fingerprint density at radius 2 is 2.05 bits per heavy atom. The lowest BCUT2D eigenvalue weighted by Gasteiger charge is -2.18. The van der Waals surface area contributed by atoms with Gasteiger partial charge in [-0.2, -0.15) is 0 Å². The number of nitrogens with one attached hydrogen (secondary N) is 1. The molecule has 0 atom stereocenters. The van der Waals surface area contributed by atoms with Gasteiger partial charge in [-0.25, -0.2) is 13.1 Å². The van der Waals surface area contributed by atoms with Crippen LogP contribution in [0.4, 0.5) is 0 Å². The van der Waals surface area contributed by atoms with Gasteiger partial charge in [0.25, 0.3) is 0 Å². The first-order chi connectivity index (χ1) is 9.38. The van der Waals surface area contributed by atoms with Crippen LogP contribution in [0, 0.1) is 6.92 Å². The van der Waals surface area contributed by atoms with Crippen molar-refractivity contribution in [2.24, 2.45) is 0 Å². The normalized spacial score (nSPS) is 11.8. The second-order valence-electron chi connectivity index (χ2n) is 4.93. The molecule has 0 heterocycles. The summed E-state index contributed by atoms with van der Waals surface area (Å²) in [6, 6.07) is 6.07. The summed E-state index contributed by atoms with van der Waals surface area (Å²) in [5, 5.41) is 0. The van der Waals surface area contributed by atoms with Gasteiger partial charge in [0.05, 0.1) is 12.9 Å². The van der Waals surface area contributed by atoms with Gasteiger partial charge in [-0.15, -0.1) is 0 Å². The molecule has 0 aliphatic carbocycles. The Morgan fingerprint density at radius 3 is 2.65 bits per heavy atom. The van der Waals surface area contributed by atoms with Crippen LogP contribution >= 0.6 is 0 Å². The Labute approximate surface area is 122 Å². The largest absolute Gasteiger partial charge is 0.496 e. The monoisotopic (exact) mass is 300 g/mol. The maximum Gasteiger partial charge on any atom is 0.211 e. The summed E-state index contributed by atoms with van der Waals surface area (Å²) in [6.45, 7) is 3.50. The van der Waals surface area contributed by atoms with Gasteiger partial charge in [-0.1, -0.05) is 17.7 Å². The van der Waals surface area contributed by atoms with E-state index in [-0.39, 0.29) is 5.75 Å². The van der Waals surface area contributed by atoms with Crippen molar-refractivity contribution in [1.29, 1.82) is 0 Å². The van der Waals surface area contributed by atoms with Gasteiger partial charge in [-0.3, -0.25) is 0 Å².